The molecule has 1 aromatic rings. The van der Waals surface area contributed by atoms with Crippen LogP contribution in [0.15, 0.2) is 5.51 Å². The summed E-state index contributed by atoms with van der Waals surface area (Å²) in [6.07, 6.45) is 3.88. The third-order valence-corrected chi connectivity index (χ3v) is 2.65. The molecule has 0 atom stereocenters. The minimum absolute atomic E-state index is 0.821. The summed E-state index contributed by atoms with van der Waals surface area (Å²) in [7, 11) is 0. The van der Waals surface area contributed by atoms with Crippen molar-refractivity contribution in [2.75, 3.05) is 18.4 Å². The minimum Gasteiger partial charge on any atom is -0.360 e. The summed E-state index contributed by atoms with van der Waals surface area (Å²) in [6.45, 7) is 2.09. The van der Waals surface area contributed by atoms with E-state index in [0.29, 0.717) is 0 Å². The quantitative estimate of drug-likeness (QED) is 0.672. The van der Waals surface area contributed by atoms with Crippen molar-refractivity contribution in [3.05, 3.63) is 5.51 Å². The minimum atomic E-state index is 0.821. The summed E-state index contributed by atoms with van der Waals surface area (Å²) in [5.74, 6) is 0. The van der Waals surface area contributed by atoms with Crippen molar-refractivity contribution in [2.24, 2.45) is 0 Å². The predicted octanol–water partition coefficient (Wildman–Crippen LogP) is 1.09. The highest BCUT2D eigenvalue weighted by atomic mass is 32.1. The number of nitrogens with zero attached hydrogens (tertiary/aromatic N) is 2. The summed E-state index contributed by atoms with van der Waals surface area (Å²) in [4.78, 5) is 0. The zero-order valence-corrected chi connectivity index (χ0v) is 8.31. The van der Waals surface area contributed by atoms with Crippen LogP contribution >= 0.6 is 11.3 Å². The fourth-order valence-corrected chi connectivity index (χ4v) is 1.60. The second-order valence-electron chi connectivity index (χ2n) is 3.25. The fraction of sp³-hybridized carbons (Fsp3) is 0.750. The van der Waals surface area contributed by atoms with E-state index in [0.717, 1.165) is 30.7 Å². The summed E-state index contributed by atoms with van der Waals surface area (Å²) >= 11 is 1.55. The Hall–Kier alpha value is -0.680. The van der Waals surface area contributed by atoms with Crippen molar-refractivity contribution in [1.82, 2.24) is 15.5 Å². The molecule has 0 saturated heterocycles. The third-order valence-electron chi connectivity index (χ3n) is 2.00. The van der Waals surface area contributed by atoms with Gasteiger partial charge in [-0.1, -0.05) is 11.3 Å². The largest absolute Gasteiger partial charge is 0.360 e. The maximum atomic E-state index is 3.90. The van der Waals surface area contributed by atoms with Gasteiger partial charge in [0.15, 0.2) is 0 Å². The zero-order chi connectivity index (χ0) is 8.93. The van der Waals surface area contributed by atoms with E-state index in [-0.39, 0.29) is 0 Å². The number of hydrogen-bond donors (Lipinski definition) is 2. The van der Waals surface area contributed by atoms with Crippen LogP contribution in [0.1, 0.15) is 19.3 Å². The van der Waals surface area contributed by atoms with Gasteiger partial charge in [-0.15, -0.1) is 10.2 Å². The molecule has 5 heteroatoms. The smallest absolute Gasteiger partial charge is 0.205 e. The van der Waals surface area contributed by atoms with Gasteiger partial charge in [0, 0.05) is 12.6 Å². The van der Waals surface area contributed by atoms with Gasteiger partial charge in [0.1, 0.15) is 5.51 Å². The van der Waals surface area contributed by atoms with Gasteiger partial charge < -0.3 is 10.6 Å². The fourth-order valence-electron chi connectivity index (χ4n) is 1.13. The molecule has 4 nitrogen and oxygen atoms in total. The van der Waals surface area contributed by atoms with Crippen molar-refractivity contribution < 1.29 is 0 Å². The third kappa shape index (κ3) is 3.28. The van der Waals surface area contributed by atoms with Crippen molar-refractivity contribution in [3.8, 4) is 0 Å². The lowest BCUT2D eigenvalue weighted by Crippen LogP contribution is -2.19. The normalized spacial score (nSPS) is 16.0. The standard InChI is InChI=1S/C8H14N4S/c1(4-9-7-2-3-7)5-10-8-12-11-6-13-8/h6-7,9H,1-5H2,(H,10,12). The van der Waals surface area contributed by atoms with Gasteiger partial charge in [0.05, 0.1) is 0 Å². The van der Waals surface area contributed by atoms with Gasteiger partial charge in [-0.2, -0.15) is 0 Å². The molecule has 0 unspecified atom stereocenters. The molecule has 2 N–H and O–H groups in total. The molecule has 0 bridgehead atoms. The van der Waals surface area contributed by atoms with Crippen LogP contribution in [-0.4, -0.2) is 29.3 Å². The first-order valence-corrected chi connectivity index (χ1v) is 5.56. The van der Waals surface area contributed by atoms with Gasteiger partial charge in [0.2, 0.25) is 5.13 Å². The van der Waals surface area contributed by atoms with E-state index in [1.807, 2.05) is 0 Å². The van der Waals surface area contributed by atoms with E-state index in [1.165, 1.54) is 12.8 Å². The van der Waals surface area contributed by atoms with Crippen LogP contribution in [-0.2, 0) is 0 Å². The lowest BCUT2D eigenvalue weighted by molar-refractivity contribution is 0.659. The van der Waals surface area contributed by atoms with E-state index in [9.17, 15) is 0 Å². The molecule has 1 heterocycles. The molecule has 0 radical (unpaired) electrons. The SMILES string of the molecule is c1nnc(NCCCNC2CC2)s1. The second-order valence-corrected chi connectivity index (χ2v) is 4.09. The average molecular weight is 198 g/mol. The van der Waals surface area contributed by atoms with Crippen molar-refractivity contribution >= 4 is 16.5 Å². The van der Waals surface area contributed by atoms with Gasteiger partial charge in [-0.05, 0) is 25.8 Å². The van der Waals surface area contributed by atoms with Crippen LogP contribution < -0.4 is 10.6 Å². The lowest BCUT2D eigenvalue weighted by atomic mass is 10.4. The van der Waals surface area contributed by atoms with Crippen LogP contribution in [0.2, 0.25) is 0 Å². The Morgan fingerprint density at radius 2 is 2.38 bits per heavy atom. The molecular weight excluding hydrogens is 184 g/mol. The highest BCUT2D eigenvalue weighted by molar-refractivity contribution is 7.13. The maximum absolute atomic E-state index is 3.90. The molecule has 0 aromatic carbocycles. The summed E-state index contributed by atoms with van der Waals surface area (Å²) in [5.41, 5.74) is 1.74. The van der Waals surface area contributed by atoms with E-state index in [4.69, 9.17) is 0 Å². The maximum Gasteiger partial charge on any atom is 0.205 e. The average Bonchev–Trinajstić information content (AvgIpc) is 2.81. The van der Waals surface area contributed by atoms with E-state index >= 15 is 0 Å². The molecule has 1 aliphatic carbocycles. The highest BCUT2D eigenvalue weighted by Crippen LogP contribution is 2.18. The Bertz CT molecular complexity index is 232. The van der Waals surface area contributed by atoms with Crippen LogP contribution in [0, 0.1) is 0 Å². The monoisotopic (exact) mass is 198 g/mol. The molecule has 1 fully saturated rings. The molecule has 72 valence electrons. The molecule has 0 spiro atoms. The van der Waals surface area contributed by atoms with Gasteiger partial charge in [-0.25, -0.2) is 0 Å². The van der Waals surface area contributed by atoms with Gasteiger partial charge in [0.25, 0.3) is 0 Å². The van der Waals surface area contributed by atoms with E-state index in [2.05, 4.69) is 20.8 Å². The van der Waals surface area contributed by atoms with E-state index in [1.54, 1.807) is 16.8 Å². The van der Waals surface area contributed by atoms with Gasteiger partial charge in [-0.3, -0.25) is 0 Å². The molecule has 1 saturated carbocycles. The number of aromatic nitrogens is 2. The van der Waals surface area contributed by atoms with Crippen molar-refractivity contribution in [3.63, 3.8) is 0 Å². The van der Waals surface area contributed by atoms with Crippen LogP contribution in [0.4, 0.5) is 5.13 Å². The van der Waals surface area contributed by atoms with Crippen LogP contribution in [0.25, 0.3) is 0 Å². The summed E-state index contributed by atoms with van der Waals surface area (Å²) < 4.78 is 0. The van der Waals surface area contributed by atoms with Crippen molar-refractivity contribution in [1.29, 1.82) is 0 Å². The van der Waals surface area contributed by atoms with Gasteiger partial charge >= 0.3 is 0 Å². The Balaban J connectivity index is 1.48. The molecule has 1 aromatic heterocycles. The van der Waals surface area contributed by atoms with E-state index < -0.39 is 0 Å². The molecular formula is C8H14N4S. The Labute approximate surface area is 81.8 Å². The topological polar surface area (TPSA) is 49.8 Å². The molecule has 2 rings (SSSR count). The summed E-state index contributed by atoms with van der Waals surface area (Å²) in [5, 5.41) is 15.3. The lowest BCUT2D eigenvalue weighted by Gasteiger charge is -2.02. The number of nitrogens with one attached hydrogen (secondary N) is 2. The van der Waals surface area contributed by atoms with Crippen LogP contribution in [0.5, 0.6) is 0 Å². The second kappa shape index (κ2) is 4.53. The number of rotatable bonds is 6. The number of anilines is 1. The molecule has 0 aliphatic heterocycles. The highest BCUT2D eigenvalue weighted by Gasteiger charge is 2.19. The zero-order valence-electron chi connectivity index (χ0n) is 7.49. The first-order chi connectivity index (χ1) is 6.45. The molecule has 13 heavy (non-hydrogen) atoms. The summed E-state index contributed by atoms with van der Waals surface area (Å²) in [6, 6.07) is 0.821. The van der Waals surface area contributed by atoms with Crippen LogP contribution in [0.3, 0.4) is 0 Å². The number of hydrogen-bond acceptors (Lipinski definition) is 5. The Kier molecular flexibility index (Phi) is 3.10. The molecule has 1 aliphatic rings. The Morgan fingerprint density at radius 1 is 1.46 bits per heavy atom. The molecule has 0 amide bonds. The first-order valence-electron chi connectivity index (χ1n) is 4.68. The predicted molar refractivity (Wildman–Crippen MR) is 54.0 cm³/mol. The van der Waals surface area contributed by atoms with Crippen molar-refractivity contribution in [2.45, 2.75) is 25.3 Å². The first kappa shape index (κ1) is 8.90. The Morgan fingerprint density at radius 3 is 3.08 bits per heavy atom.